The molecule has 0 spiro atoms. The van der Waals surface area contributed by atoms with Crippen LogP contribution in [0.3, 0.4) is 0 Å². The quantitative estimate of drug-likeness (QED) is 0.169. The number of rotatable bonds is 11. The molecular weight excluding hydrogens is 592 g/mol. The predicted molar refractivity (Wildman–Crippen MR) is 168 cm³/mol. The first-order chi connectivity index (χ1) is 20.4. The molecule has 42 heavy (non-hydrogen) atoms. The van der Waals surface area contributed by atoms with Crippen molar-refractivity contribution in [1.82, 2.24) is 10.2 Å². The Morgan fingerprint density at radius 3 is 2.12 bits per heavy atom. The van der Waals surface area contributed by atoms with Gasteiger partial charge in [-0.25, -0.2) is 9.59 Å². The van der Waals surface area contributed by atoms with Crippen molar-refractivity contribution in [2.75, 3.05) is 18.9 Å². The first kappa shape index (κ1) is 29.7. The number of ether oxygens (including phenoxy) is 1. The Balaban J connectivity index is 1.31. The van der Waals surface area contributed by atoms with Crippen LogP contribution in [-0.2, 0) is 16.0 Å². The zero-order valence-electron chi connectivity index (χ0n) is 22.5. The third-order valence-electron chi connectivity index (χ3n) is 7.28. The van der Waals surface area contributed by atoms with Gasteiger partial charge in [0.25, 0.3) is 5.91 Å². The van der Waals surface area contributed by atoms with Gasteiger partial charge in [0.05, 0.1) is 15.3 Å². The number of hydrogen-bond acceptors (Lipinski definition) is 6. The van der Waals surface area contributed by atoms with Crippen molar-refractivity contribution in [3.8, 4) is 11.1 Å². The highest BCUT2D eigenvalue weighted by molar-refractivity contribution is 7.80. The van der Waals surface area contributed by atoms with E-state index in [0.29, 0.717) is 9.21 Å². The van der Waals surface area contributed by atoms with E-state index in [-0.39, 0.29) is 31.2 Å². The lowest BCUT2D eigenvalue weighted by molar-refractivity contribution is -0.142. The molecule has 1 aromatic heterocycles. The molecule has 2 amide bonds. The highest BCUT2D eigenvalue weighted by Crippen LogP contribution is 2.44. The Hall–Kier alpha value is -3.79. The smallest absolute Gasteiger partial charge is 0.407 e. The molecule has 2 N–H and O–H groups in total. The van der Waals surface area contributed by atoms with Crippen molar-refractivity contribution in [2.24, 2.45) is 0 Å². The van der Waals surface area contributed by atoms with Gasteiger partial charge in [-0.2, -0.15) is 12.6 Å². The lowest BCUT2D eigenvalue weighted by Gasteiger charge is -2.32. The van der Waals surface area contributed by atoms with Crippen LogP contribution in [0.15, 0.2) is 91.0 Å². The summed E-state index contributed by atoms with van der Waals surface area (Å²) in [5, 5.41) is 13.0. The van der Waals surface area contributed by atoms with Gasteiger partial charge >= 0.3 is 12.1 Å². The summed E-state index contributed by atoms with van der Waals surface area (Å²) in [6, 6.07) is 26.5. The number of amides is 2. The molecule has 1 unspecified atom stereocenters. The molecule has 1 aliphatic carbocycles. The molecular formula is C32H29ClN2O5S2. The average Bonchev–Trinajstić information content (AvgIpc) is 3.58. The van der Waals surface area contributed by atoms with Crippen LogP contribution in [-0.4, -0.2) is 59.0 Å². The molecule has 1 heterocycles. The van der Waals surface area contributed by atoms with E-state index in [9.17, 15) is 19.5 Å². The number of carbonyl (C=O) groups excluding carboxylic acids is 2. The summed E-state index contributed by atoms with van der Waals surface area (Å²) in [6.07, 6.45) is -0.581. The van der Waals surface area contributed by atoms with Gasteiger partial charge in [-0.3, -0.25) is 4.79 Å². The van der Waals surface area contributed by atoms with Gasteiger partial charge in [0.1, 0.15) is 12.6 Å². The highest BCUT2D eigenvalue weighted by Gasteiger charge is 2.34. The summed E-state index contributed by atoms with van der Waals surface area (Å²) in [5.41, 5.74) is 5.19. The second-order valence-electron chi connectivity index (χ2n) is 9.95. The number of halogens is 1. The van der Waals surface area contributed by atoms with Gasteiger partial charge in [-0.05, 0) is 39.9 Å². The Labute approximate surface area is 258 Å². The van der Waals surface area contributed by atoms with Crippen molar-refractivity contribution in [3.05, 3.63) is 117 Å². The molecule has 0 radical (unpaired) electrons. The molecule has 3 aromatic carbocycles. The third kappa shape index (κ3) is 6.64. The minimum Gasteiger partial charge on any atom is -0.480 e. The number of thiophene rings is 1. The maximum Gasteiger partial charge on any atom is 0.407 e. The summed E-state index contributed by atoms with van der Waals surface area (Å²) in [4.78, 5) is 40.7. The zero-order chi connectivity index (χ0) is 29.6. The van der Waals surface area contributed by atoms with E-state index < -0.39 is 30.1 Å². The third-order valence-corrected chi connectivity index (χ3v) is 8.94. The molecule has 1 aliphatic rings. The number of carbonyl (C=O) groups is 3. The molecule has 0 fully saturated rings. The largest absolute Gasteiger partial charge is 0.480 e. The van der Waals surface area contributed by atoms with Crippen LogP contribution in [0.4, 0.5) is 4.79 Å². The molecule has 0 saturated heterocycles. The monoisotopic (exact) mass is 620 g/mol. The van der Waals surface area contributed by atoms with Gasteiger partial charge in [0, 0.05) is 24.6 Å². The highest BCUT2D eigenvalue weighted by atomic mass is 35.5. The summed E-state index contributed by atoms with van der Waals surface area (Å²) < 4.78 is 6.10. The minimum absolute atomic E-state index is 0.0885. The van der Waals surface area contributed by atoms with Crippen molar-refractivity contribution in [3.63, 3.8) is 0 Å². The molecule has 5 rings (SSSR count). The van der Waals surface area contributed by atoms with Gasteiger partial charge in [0.15, 0.2) is 0 Å². The normalized spacial score (nSPS) is 13.5. The van der Waals surface area contributed by atoms with Crippen molar-refractivity contribution in [1.29, 1.82) is 0 Å². The van der Waals surface area contributed by atoms with Crippen molar-refractivity contribution in [2.45, 2.75) is 24.4 Å². The van der Waals surface area contributed by atoms with E-state index in [2.05, 4.69) is 30.1 Å². The van der Waals surface area contributed by atoms with Crippen LogP contribution in [0.1, 0.15) is 32.3 Å². The SMILES string of the molecule is O=C(NC(CS)CN(C(=O)c1ccc(Cl)s1)[C@@H](Cc1ccccc1)C(=O)O)OCC1c2ccccc2-c2ccccc21. The van der Waals surface area contributed by atoms with Crippen LogP contribution in [0, 0.1) is 0 Å². The Morgan fingerprint density at radius 1 is 0.929 bits per heavy atom. The molecule has 216 valence electrons. The first-order valence-electron chi connectivity index (χ1n) is 13.4. The number of thiol groups is 1. The molecule has 7 nitrogen and oxygen atoms in total. The van der Waals surface area contributed by atoms with E-state index in [0.717, 1.165) is 39.2 Å². The number of benzene rings is 3. The fourth-order valence-corrected chi connectivity index (χ4v) is 6.49. The maximum atomic E-state index is 13.6. The second-order valence-corrected chi connectivity index (χ2v) is 12.0. The predicted octanol–water partition coefficient (Wildman–Crippen LogP) is 6.38. The summed E-state index contributed by atoms with van der Waals surface area (Å²) in [7, 11) is 0. The van der Waals surface area contributed by atoms with Crippen LogP contribution >= 0.6 is 35.6 Å². The summed E-state index contributed by atoms with van der Waals surface area (Å²) in [5.74, 6) is -1.61. The van der Waals surface area contributed by atoms with Crippen LogP contribution < -0.4 is 5.32 Å². The van der Waals surface area contributed by atoms with Gasteiger partial charge in [0.2, 0.25) is 0 Å². The van der Waals surface area contributed by atoms with Crippen LogP contribution in [0.5, 0.6) is 0 Å². The van der Waals surface area contributed by atoms with Crippen LogP contribution in [0.25, 0.3) is 11.1 Å². The fourth-order valence-electron chi connectivity index (χ4n) is 5.28. The van der Waals surface area contributed by atoms with E-state index in [1.54, 1.807) is 12.1 Å². The number of aliphatic carboxylic acids is 1. The number of nitrogens with one attached hydrogen (secondary N) is 1. The standard InChI is InChI=1S/C32H29ClN2O5S2/c33-29-15-14-28(42-29)30(36)35(27(31(37)38)16-20-8-2-1-3-9-20)17-21(19-41)34-32(39)40-18-26-24-12-6-4-10-22(24)23-11-5-7-13-25(23)26/h1-15,21,26-27,41H,16-19H2,(H,34,39)(H,37,38)/t21?,27-/m0/s1. The zero-order valence-corrected chi connectivity index (χ0v) is 24.9. The van der Waals surface area contributed by atoms with E-state index in [4.69, 9.17) is 16.3 Å². The van der Waals surface area contributed by atoms with Crippen molar-refractivity contribution >= 4 is 53.5 Å². The number of hydrogen-bond donors (Lipinski definition) is 3. The number of carboxylic acids is 1. The van der Waals surface area contributed by atoms with Crippen molar-refractivity contribution < 1.29 is 24.2 Å². The molecule has 4 aromatic rings. The second kappa shape index (κ2) is 13.5. The summed E-state index contributed by atoms with van der Waals surface area (Å²) in [6.45, 7) is 0.0348. The lowest BCUT2D eigenvalue weighted by atomic mass is 9.98. The van der Waals surface area contributed by atoms with Crippen LogP contribution in [0.2, 0.25) is 4.34 Å². The Morgan fingerprint density at radius 2 is 1.55 bits per heavy atom. The fraction of sp³-hybridized carbons (Fsp3) is 0.219. The molecule has 0 aliphatic heterocycles. The first-order valence-corrected chi connectivity index (χ1v) is 15.2. The number of nitrogens with zero attached hydrogens (tertiary/aromatic N) is 1. The number of carboxylic acid groups (broad SMARTS) is 1. The van der Waals surface area contributed by atoms with E-state index in [1.807, 2.05) is 66.7 Å². The molecule has 0 saturated carbocycles. The van der Waals surface area contributed by atoms with E-state index >= 15 is 0 Å². The summed E-state index contributed by atoms with van der Waals surface area (Å²) >= 11 is 11.5. The van der Waals surface area contributed by atoms with Gasteiger partial charge < -0.3 is 20.1 Å². The number of fused-ring (bicyclic) bond motifs is 3. The molecule has 2 atom stereocenters. The Kier molecular flexibility index (Phi) is 9.51. The van der Waals surface area contributed by atoms with E-state index in [1.165, 1.54) is 4.90 Å². The molecule has 0 bridgehead atoms. The van der Waals surface area contributed by atoms with Gasteiger partial charge in [-0.15, -0.1) is 11.3 Å². The lowest BCUT2D eigenvalue weighted by Crippen LogP contribution is -2.53. The molecule has 10 heteroatoms. The minimum atomic E-state index is -1.19. The topological polar surface area (TPSA) is 95.9 Å². The number of alkyl carbamates (subject to hydrolysis) is 1. The maximum absolute atomic E-state index is 13.6. The Bertz CT molecular complexity index is 1530. The average molecular weight is 621 g/mol. The van der Waals surface area contributed by atoms with Gasteiger partial charge in [-0.1, -0.05) is 90.5 Å².